The zero-order chi connectivity index (χ0) is 13.4. The molecule has 2 heterocycles. The highest BCUT2D eigenvalue weighted by Gasteiger charge is 2.13. The number of nitrogens with one attached hydrogen (secondary N) is 1. The SMILES string of the molecule is CC(=O)c1ccc2c(C3=CCNCC3)cn(C)c2c1. The summed E-state index contributed by atoms with van der Waals surface area (Å²) in [6.45, 7) is 3.59. The number of carbonyl (C=O) groups is 1. The molecule has 1 aromatic heterocycles. The zero-order valence-electron chi connectivity index (χ0n) is 11.4. The lowest BCUT2D eigenvalue weighted by molar-refractivity contribution is 0.101. The Hall–Kier alpha value is -1.87. The van der Waals surface area contributed by atoms with Crippen LogP contribution >= 0.6 is 0 Å². The van der Waals surface area contributed by atoms with Gasteiger partial charge in [0.2, 0.25) is 0 Å². The Kier molecular flexibility index (Phi) is 2.99. The Labute approximate surface area is 112 Å². The normalized spacial score (nSPS) is 15.6. The topological polar surface area (TPSA) is 34.0 Å². The molecule has 1 N–H and O–H groups in total. The van der Waals surface area contributed by atoms with Crippen molar-refractivity contribution in [1.29, 1.82) is 0 Å². The van der Waals surface area contributed by atoms with Crippen molar-refractivity contribution in [2.24, 2.45) is 7.05 Å². The summed E-state index contributed by atoms with van der Waals surface area (Å²) in [5.74, 6) is 0.116. The Morgan fingerprint density at radius 1 is 1.37 bits per heavy atom. The molecule has 0 aliphatic carbocycles. The van der Waals surface area contributed by atoms with Gasteiger partial charge >= 0.3 is 0 Å². The maximum Gasteiger partial charge on any atom is 0.159 e. The predicted octanol–water partition coefficient (Wildman–Crippen LogP) is 2.76. The van der Waals surface area contributed by atoms with Crippen LogP contribution in [0.15, 0.2) is 30.5 Å². The minimum absolute atomic E-state index is 0.116. The van der Waals surface area contributed by atoms with Gasteiger partial charge in [0.25, 0.3) is 0 Å². The Bertz CT molecular complexity index is 679. The summed E-state index contributed by atoms with van der Waals surface area (Å²) in [4.78, 5) is 11.5. The standard InChI is InChI=1S/C16H18N2O/c1-11(19)13-3-4-14-15(10-18(2)16(14)9-13)12-5-7-17-8-6-12/h3-5,9-10,17H,6-8H2,1-2H3. The van der Waals surface area contributed by atoms with Gasteiger partial charge in [0.1, 0.15) is 0 Å². The average molecular weight is 254 g/mol. The maximum absolute atomic E-state index is 11.5. The fraction of sp³-hybridized carbons (Fsp3) is 0.312. The molecule has 3 nitrogen and oxygen atoms in total. The number of fused-ring (bicyclic) bond motifs is 1. The molecule has 1 aromatic carbocycles. The van der Waals surface area contributed by atoms with E-state index in [9.17, 15) is 4.79 Å². The molecule has 1 aliphatic heterocycles. The average Bonchev–Trinajstić information content (AvgIpc) is 2.77. The predicted molar refractivity (Wildman–Crippen MR) is 78.4 cm³/mol. The van der Waals surface area contributed by atoms with Crippen LogP contribution in [-0.2, 0) is 7.05 Å². The quantitative estimate of drug-likeness (QED) is 0.836. The third-order valence-electron chi connectivity index (χ3n) is 3.81. The van der Waals surface area contributed by atoms with Crippen molar-refractivity contribution in [3.63, 3.8) is 0 Å². The maximum atomic E-state index is 11.5. The van der Waals surface area contributed by atoms with Crippen LogP contribution < -0.4 is 5.32 Å². The first-order valence-corrected chi connectivity index (χ1v) is 6.67. The zero-order valence-corrected chi connectivity index (χ0v) is 11.4. The molecule has 98 valence electrons. The van der Waals surface area contributed by atoms with Gasteiger partial charge in [-0.2, -0.15) is 0 Å². The Morgan fingerprint density at radius 2 is 2.21 bits per heavy atom. The molecular formula is C16H18N2O. The lowest BCUT2D eigenvalue weighted by Crippen LogP contribution is -2.19. The van der Waals surface area contributed by atoms with Crippen LogP contribution in [0.25, 0.3) is 16.5 Å². The molecule has 0 saturated carbocycles. The van der Waals surface area contributed by atoms with Crippen LogP contribution in [0.2, 0.25) is 0 Å². The van der Waals surface area contributed by atoms with Gasteiger partial charge in [-0.15, -0.1) is 0 Å². The van der Waals surface area contributed by atoms with Crippen LogP contribution in [0, 0.1) is 0 Å². The largest absolute Gasteiger partial charge is 0.350 e. The Morgan fingerprint density at radius 3 is 2.89 bits per heavy atom. The van der Waals surface area contributed by atoms with Gasteiger partial charge in [-0.1, -0.05) is 18.2 Å². The van der Waals surface area contributed by atoms with Crippen LogP contribution in [-0.4, -0.2) is 23.4 Å². The second kappa shape index (κ2) is 4.67. The van der Waals surface area contributed by atoms with Crippen molar-refractivity contribution < 1.29 is 4.79 Å². The van der Waals surface area contributed by atoms with Crippen molar-refractivity contribution in [3.05, 3.63) is 41.6 Å². The van der Waals surface area contributed by atoms with E-state index in [-0.39, 0.29) is 5.78 Å². The summed E-state index contributed by atoms with van der Waals surface area (Å²) < 4.78 is 2.11. The van der Waals surface area contributed by atoms with Crippen LogP contribution in [0.4, 0.5) is 0 Å². The molecule has 0 fully saturated rings. The van der Waals surface area contributed by atoms with E-state index in [1.807, 2.05) is 19.2 Å². The van der Waals surface area contributed by atoms with Gasteiger partial charge in [0.05, 0.1) is 0 Å². The second-order valence-electron chi connectivity index (χ2n) is 5.13. The molecule has 3 heteroatoms. The van der Waals surface area contributed by atoms with E-state index in [4.69, 9.17) is 0 Å². The molecule has 2 aromatic rings. The fourth-order valence-electron chi connectivity index (χ4n) is 2.73. The molecule has 19 heavy (non-hydrogen) atoms. The van der Waals surface area contributed by atoms with Crippen molar-refractivity contribution in [2.45, 2.75) is 13.3 Å². The lowest BCUT2D eigenvalue weighted by atomic mass is 9.99. The van der Waals surface area contributed by atoms with E-state index in [1.165, 1.54) is 16.5 Å². The highest BCUT2D eigenvalue weighted by Crippen LogP contribution is 2.30. The van der Waals surface area contributed by atoms with E-state index in [2.05, 4.69) is 28.2 Å². The Balaban J connectivity index is 2.17. The van der Waals surface area contributed by atoms with Crippen molar-refractivity contribution in [1.82, 2.24) is 9.88 Å². The van der Waals surface area contributed by atoms with E-state index >= 15 is 0 Å². The molecule has 0 amide bonds. The van der Waals surface area contributed by atoms with Gasteiger partial charge in [0, 0.05) is 41.8 Å². The number of carbonyl (C=O) groups excluding carboxylic acids is 1. The molecule has 1 aliphatic rings. The monoisotopic (exact) mass is 254 g/mol. The van der Waals surface area contributed by atoms with Gasteiger partial charge in [-0.3, -0.25) is 4.79 Å². The number of rotatable bonds is 2. The molecule has 0 unspecified atom stereocenters. The summed E-state index contributed by atoms with van der Waals surface area (Å²) in [6.07, 6.45) is 5.50. The molecule has 0 saturated heterocycles. The number of benzene rings is 1. The molecule has 0 spiro atoms. The number of Topliss-reactive ketones (excluding diaryl/α,β-unsaturated/α-hetero) is 1. The minimum Gasteiger partial charge on any atom is -0.350 e. The minimum atomic E-state index is 0.116. The number of hydrogen-bond acceptors (Lipinski definition) is 2. The number of ketones is 1. The third-order valence-corrected chi connectivity index (χ3v) is 3.81. The first-order chi connectivity index (χ1) is 9.16. The van der Waals surface area contributed by atoms with Gasteiger partial charge < -0.3 is 9.88 Å². The smallest absolute Gasteiger partial charge is 0.159 e. The number of hydrogen-bond donors (Lipinski definition) is 1. The van der Waals surface area contributed by atoms with Crippen molar-refractivity contribution in [2.75, 3.05) is 13.1 Å². The van der Waals surface area contributed by atoms with E-state index in [0.717, 1.165) is 30.6 Å². The summed E-state index contributed by atoms with van der Waals surface area (Å²) in [6, 6.07) is 5.99. The van der Waals surface area contributed by atoms with Gasteiger partial charge in [0.15, 0.2) is 5.78 Å². The first kappa shape index (κ1) is 12.2. The van der Waals surface area contributed by atoms with E-state index in [0.29, 0.717) is 0 Å². The summed E-state index contributed by atoms with van der Waals surface area (Å²) in [5.41, 5.74) is 4.61. The van der Waals surface area contributed by atoms with Crippen LogP contribution in [0.3, 0.4) is 0 Å². The highest BCUT2D eigenvalue weighted by atomic mass is 16.1. The summed E-state index contributed by atoms with van der Waals surface area (Å²) in [7, 11) is 2.04. The second-order valence-corrected chi connectivity index (χ2v) is 5.13. The van der Waals surface area contributed by atoms with Crippen LogP contribution in [0.1, 0.15) is 29.3 Å². The summed E-state index contributed by atoms with van der Waals surface area (Å²) >= 11 is 0. The molecule has 0 atom stereocenters. The third kappa shape index (κ3) is 2.10. The summed E-state index contributed by atoms with van der Waals surface area (Å²) in [5, 5.41) is 4.57. The molecular weight excluding hydrogens is 236 g/mol. The van der Waals surface area contributed by atoms with Crippen molar-refractivity contribution in [3.8, 4) is 0 Å². The molecule has 0 radical (unpaired) electrons. The number of aromatic nitrogens is 1. The number of aryl methyl sites for hydroxylation is 1. The highest BCUT2D eigenvalue weighted by molar-refractivity contribution is 6.00. The number of nitrogens with zero attached hydrogens (tertiary/aromatic N) is 1. The van der Waals surface area contributed by atoms with Crippen LogP contribution in [0.5, 0.6) is 0 Å². The first-order valence-electron chi connectivity index (χ1n) is 6.67. The van der Waals surface area contributed by atoms with Crippen molar-refractivity contribution >= 4 is 22.3 Å². The molecule has 0 bridgehead atoms. The lowest BCUT2D eigenvalue weighted by Gasteiger charge is -2.13. The van der Waals surface area contributed by atoms with Gasteiger partial charge in [-0.05, 0) is 31.5 Å². The molecule has 3 rings (SSSR count). The van der Waals surface area contributed by atoms with Gasteiger partial charge in [-0.25, -0.2) is 0 Å². The fourth-order valence-corrected chi connectivity index (χ4v) is 2.73. The van der Waals surface area contributed by atoms with E-state index < -0.39 is 0 Å². The van der Waals surface area contributed by atoms with E-state index in [1.54, 1.807) is 6.92 Å².